The molecule has 6 nitrogen and oxygen atoms in total. The molecule has 1 atom stereocenters. The second-order valence-corrected chi connectivity index (χ2v) is 11.5. The Morgan fingerprint density at radius 2 is 1.97 bits per heavy atom. The topological polar surface area (TPSA) is 56.6 Å². The highest BCUT2D eigenvalue weighted by molar-refractivity contribution is 6.49. The van der Waals surface area contributed by atoms with Gasteiger partial charge in [-0.1, -0.05) is 29.3 Å². The van der Waals surface area contributed by atoms with Gasteiger partial charge in [-0.15, -0.1) is 0 Å². The molecule has 0 N–H and O–H groups in total. The molecule has 1 aromatic heterocycles. The van der Waals surface area contributed by atoms with Gasteiger partial charge in [0.1, 0.15) is 12.4 Å². The number of halogens is 2. The zero-order chi connectivity index (χ0) is 26.3. The largest absolute Gasteiger partial charge is 0.489 e. The number of carbonyl (C=O) groups is 1. The van der Waals surface area contributed by atoms with Crippen LogP contribution < -0.4 is 4.74 Å². The maximum absolute atomic E-state index is 12.2. The van der Waals surface area contributed by atoms with Crippen LogP contribution >= 0.6 is 23.2 Å². The highest BCUT2D eigenvalue weighted by Gasteiger charge is 2.41. The van der Waals surface area contributed by atoms with Crippen molar-refractivity contribution in [3.63, 3.8) is 0 Å². The van der Waals surface area contributed by atoms with Crippen LogP contribution in [0, 0.1) is 5.41 Å². The lowest BCUT2D eigenvalue weighted by Gasteiger charge is -2.26. The first kappa shape index (κ1) is 26.1. The first-order chi connectivity index (χ1) is 17.7. The van der Waals surface area contributed by atoms with Crippen LogP contribution in [0.1, 0.15) is 56.3 Å². The molecule has 0 amide bonds. The first-order valence-corrected chi connectivity index (χ1v) is 13.5. The van der Waals surface area contributed by atoms with Crippen molar-refractivity contribution in [1.82, 2.24) is 14.7 Å². The van der Waals surface area contributed by atoms with Gasteiger partial charge in [0, 0.05) is 29.5 Å². The number of aryl methyl sites for hydroxylation is 1. The Morgan fingerprint density at radius 1 is 1.16 bits per heavy atom. The maximum atomic E-state index is 12.2. The van der Waals surface area contributed by atoms with Crippen molar-refractivity contribution in [1.29, 1.82) is 0 Å². The number of hydrogen-bond acceptors (Lipinski definition) is 5. The Balaban J connectivity index is 1.26. The summed E-state index contributed by atoms with van der Waals surface area (Å²) in [7, 11) is 1.46. The molecule has 3 aromatic rings. The van der Waals surface area contributed by atoms with Crippen LogP contribution in [0.5, 0.6) is 5.75 Å². The molecular weight excluding hydrogens is 509 g/mol. The summed E-state index contributed by atoms with van der Waals surface area (Å²) in [5.41, 5.74) is 5.12. The van der Waals surface area contributed by atoms with E-state index in [-0.39, 0.29) is 12.0 Å². The number of ether oxygens (including phenoxy) is 2. The summed E-state index contributed by atoms with van der Waals surface area (Å²) in [6.07, 6.45) is 2.62. The van der Waals surface area contributed by atoms with Crippen molar-refractivity contribution in [2.75, 3.05) is 26.7 Å². The minimum Gasteiger partial charge on any atom is -0.489 e. The summed E-state index contributed by atoms with van der Waals surface area (Å²) >= 11 is 13.3. The normalized spacial score (nSPS) is 20.1. The summed E-state index contributed by atoms with van der Waals surface area (Å²) in [5.74, 6) is 0.689. The molecule has 0 radical (unpaired) electrons. The fourth-order valence-electron chi connectivity index (χ4n) is 5.49. The molecule has 1 aliphatic heterocycles. The first-order valence-electron chi connectivity index (χ1n) is 12.8. The number of hydrogen-bond donors (Lipinski definition) is 0. The van der Waals surface area contributed by atoms with Crippen LogP contribution in [0.2, 0.25) is 5.15 Å². The highest BCUT2D eigenvalue weighted by atomic mass is 35.5. The number of rotatable bonds is 7. The van der Waals surface area contributed by atoms with Gasteiger partial charge < -0.3 is 9.47 Å². The number of esters is 1. The van der Waals surface area contributed by atoms with E-state index in [0.717, 1.165) is 65.2 Å². The van der Waals surface area contributed by atoms with Gasteiger partial charge in [0.25, 0.3) is 0 Å². The van der Waals surface area contributed by atoms with E-state index in [1.807, 2.05) is 17.7 Å². The number of methoxy groups -OCH3 is 1. The smallest absolute Gasteiger partial charge is 0.312 e. The molecular formula is C29H33Cl2N3O3. The fourth-order valence-corrected chi connectivity index (χ4v) is 6.06. The van der Waals surface area contributed by atoms with E-state index >= 15 is 0 Å². The van der Waals surface area contributed by atoms with Crippen molar-refractivity contribution in [3.8, 4) is 5.75 Å². The fraction of sp³-hybridized carbons (Fsp3) is 0.448. The second-order valence-electron chi connectivity index (χ2n) is 10.7. The van der Waals surface area contributed by atoms with Crippen molar-refractivity contribution >= 4 is 45.1 Å². The molecule has 0 bridgehead atoms. The number of nitrogens with zero attached hydrogens (tertiary/aromatic N) is 3. The molecule has 2 aromatic carbocycles. The maximum Gasteiger partial charge on any atom is 0.312 e. The van der Waals surface area contributed by atoms with Crippen molar-refractivity contribution in [3.05, 3.63) is 63.8 Å². The third-order valence-corrected chi connectivity index (χ3v) is 8.34. The Hall–Kier alpha value is -2.54. The number of carbonyl (C=O) groups excluding carboxylic acids is 1. The van der Waals surface area contributed by atoms with Crippen LogP contribution in [0.3, 0.4) is 0 Å². The Kier molecular flexibility index (Phi) is 7.27. The number of aromatic nitrogens is 2. The van der Waals surface area contributed by atoms with Gasteiger partial charge in [-0.2, -0.15) is 5.10 Å². The second kappa shape index (κ2) is 10.3. The van der Waals surface area contributed by atoms with Gasteiger partial charge in [0.2, 0.25) is 0 Å². The van der Waals surface area contributed by atoms with Crippen LogP contribution in [0.4, 0.5) is 0 Å². The number of likely N-dealkylation sites (tertiary alicyclic amines) is 1. The summed E-state index contributed by atoms with van der Waals surface area (Å²) in [6.45, 7) is 8.96. The molecule has 2 heterocycles. The number of fused-ring (bicyclic) bond motifs is 2. The summed E-state index contributed by atoms with van der Waals surface area (Å²) < 4.78 is 13.1. The predicted octanol–water partition coefficient (Wildman–Crippen LogP) is 6.63. The van der Waals surface area contributed by atoms with Crippen LogP contribution in [-0.2, 0) is 22.6 Å². The van der Waals surface area contributed by atoms with Gasteiger partial charge in [-0.05, 0) is 99.2 Å². The van der Waals surface area contributed by atoms with Gasteiger partial charge >= 0.3 is 5.97 Å². The minimum absolute atomic E-state index is 0.134. The Labute approximate surface area is 228 Å². The molecule has 37 heavy (non-hydrogen) atoms. The summed E-state index contributed by atoms with van der Waals surface area (Å²) in [5, 5.41) is 6.74. The van der Waals surface area contributed by atoms with E-state index < -0.39 is 5.41 Å². The minimum atomic E-state index is -0.439. The zero-order valence-corrected chi connectivity index (χ0v) is 23.3. The van der Waals surface area contributed by atoms with E-state index in [9.17, 15) is 4.79 Å². The molecule has 0 saturated carbocycles. The molecule has 8 heteroatoms. The third kappa shape index (κ3) is 5.12. The van der Waals surface area contributed by atoms with Gasteiger partial charge in [-0.3, -0.25) is 14.4 Å². The van der Waals surface area contributed by atoms with Crippen molar-refractivity contribution in [2.45, 2.75) is 52.7 Å². The lowest BCUT2D eigenvalue weighted by molar-refractivity contribution is -0.150. The highest BCUT2D eigenvalue weighted by Crippen LogP contribution is 2.38. The molecule has 1 unspecified atom stereocenters. The average Bonchev–Trinajstić information content (AvgIpc) is 3.44. The Bertz CT molecular complexity index is 1380. The molecule has 1 aliphatic carbocycles. The molecule has 1 fully saturated rings. The van der Waals surface area contributed by atoms with Gasteiger partial charge in [-0.25, -0.2) is 0 Å². The van der Waals surface area contributed by atoms with E-state index in [4.69, 9.17) is 32.7 Å². The molecule has 1 saturated heterocycles. The Morgan fingerprint density at radius 3 is 2.73 bits per heavy atom. The lowest BCUT2D eigenvalue weighted by atomic mass is 9.90. The third-order valence-electron chi connectivity index (χ3n) is 7.58. The SMILES string of the molecule is COC(=O)C1(C)CCN(CC2=C(Cl)c3ccc(OCc4ccc5c(c4)c(Cl)nn5C(C)C)cc3CC2)C1. The predicted molar refractivity (Wildman–Crippen MR) is 148 cm³/mol. The van der Waals surface area contributed by atoms with Crippen LogP contribution in [0.15, 0.2) is 42.0 Å². The van der Waals surface area contributed by atoms with E-state index in [2.05, 4.69) is 54.2 Å². The quantitative estimate of drug-likeness (QED) is 0.314. The van der Waals surface area contributed by atoms with Crippen molar-refractivity contribution < 1.29 is 14.3 Å². The summed E-state index contributed by atoms with van der Waals surface area (Å²) in [4.78, 5) is 14.5. The average molecular weight is 543 g/mol. The zero-order valence-electron chi connectivity index (χ0n) is 21.8. The summed E-state index contributed by atoms with van der Waals surface area (Å²) in [6, 6.07) is 12.5. The standard InChI is InChI=1S/C29H33Cl2N3O3/c1-18(2)34-25-10-5-19(13-24(25)27(31)32-34)16-37-22-8-9-23-20(14-22)6-7-21(26(23)30)15-33-12-11-29(3,17-33)28(35)36-4/h5,8-10,13-14,18H,6-7,11-12,15-17H2,1-4H3. The van der Waals surface area contributed by atoms with E-state index in [0.29, 0.717) is 18.3 Å². The molecule has 0 spiro atoms. The van der Waals surface area contributed by atoms with Gasteiger partial charge in [0.05, 0.1) is 18.0 Å². The monoisotopic (exact) mass is 541 g/mol. The van der Waals surface area contributed by atoms with E-state index in [1.54, 1.807) is 0 Å². The van der Waals surface area contributed by atoms with Gasteiger partial charge in [0.15, 0.2) is 5.15 Å². The van der Waals surface area contributed by atoms with Crippen LogP contribution in [0.25, 0.3) is 15.9 Å². The molecule has 2 aliphatic rings. The van der Waals surface area contributed by atoms with Crippen molar-refractivity contribution in [2.24, 2.45) is 5.41 Å². The number of benzene rings is 2. The molecule has 5 rings (SSSR count). The van der Waals surface area contributed by atoms with E-state index in [1.165, 1.54) is 18.2 Å². The van der Waals surface area contributed by atoms with Crippen LogP contribution in [-0.4, -0.2) is 47.4 Å². The molecule has 196 valence electrons. The lowest BCUT2D eigenvalue weighted by Crippen LogP contribution is -2.33.